The Morgan fingerprint density at radius 1 is 1.12 bits per heavy atom. The Morgan fingerprint density at radius 3 is 2.12 bits per heavy atom. The zero-order valence-electron chi connectivity index (χ0n) is 11.4. The number of aliphatic hydroxyl groups is 1. The molecule has 0 aliphatic heterocycles. The van der Waals surface area contributed by atoms with E-state index in [1.54, 1.807) is 0 Å². The fraction of sp³-hybridized carbons (Fsp3) is 1.00. The third-order valence-electron chi connectivity index (χ3n) is 4.09. The van der Waals surface area contributed by atoms with Gasteiger partial charge in [0.1, 0.15) is 0 Å². The van der Waals surface area contributed by atoms with E-state index in [1.165, 1.54) is 32.1 Å². The summed E-state index contributed by atoms with van der Waals surface area (Å²) >= 11 is 0. The molecule has 1 unspecified atom stereocenters. The van der Waals surface area contributed by atoms with Gasteiger partial charge in [-0.25, -0.2) is 0 Å². The van der Waals surface area contributed by atoms with Crippen LogP contribution in [0.4, 0.5) is 0 Å². The lowest BCUT2D eigenvalue weighted by Crippen LogP contribution is -2.47. The topological polar surface area (TPSA) is 29.5 Å². The summed E-state index contributed by atoms with van der Waals surface area (Å²) in [6.45, 7) is 8.77. The van der Waals surface area contributed by atoms with Crippen LogP contribution in [-0.4, -0.2) is 23.4 Å². The second-order valence-electron chi connectivity index (χ2n) is 6.21. The van der Waals surface area contributed by atoms with E-state index < -0.39 is 5.60 Å². The maximum atomic E-state index is 10.6. The molecule has 1 fully saturated rings. The van der Waals surface area contributed by atoms with Crippen molar-refractivity contribution in [2.75, 3.05) is 6.61 Å². The van der Waals surface area contributed by atoms with Crippen LogP contribution in [0.5, 0.6) is 0 Å². The minimum Gasteiger partial charge on any atom is -0.387 e. The van der Waals surface area contributed by atoms with Crippen LogP contribution in [0.15, 0.2) is 0 Å². The van der Waals surface area contributed by atoms with Crippen molar-refractivity contribution in [3.05, 3.63) is 0 Å². The first kappa shape index (κ1) is 14.0. The SMILES string of the molecule is CCC(O)(COC1CCCCC1)C(C)(C)C. The van der Waals surface area contributed by atoms with Crippen LogP contribution >= 0.6 is 0 Å². The number of ether oxygens (including phenoxy) is 1. The first-order chi connectivity index (χ1) is 7.39. The Labute approximate surface area is 100 Å². The molecule has 1 atom stereocenters. The van der Waals surface area contributed by atoms with Crippen molar-refractivity contribution < 1.29 is 9.84 Å². The lowest BCUT2D eigenvalue weighted by molar-refractivity contribution is -0.135. The zero-order valence-corrected chi connectivity index (χ0v) is 11.4. The molecule has 0 aromatic heterocycles. The number of rotatable bonds is 4. The van der Waals surface area contributed by atoms with Gasteiger partial charge < -0.3 is 9.84 Å². The summed E-state index contributed by atoms with van der Waals surface area (Å²) in [5.41, 5.74) is -0.805. The highest BCUT2D eigenvalue weighted by molar-refractivity contribution is 4.89. The Balaban J connectivity index is 2.44. The third kappa shape index (κ3) is 3.46. The summed E-state index contributed by atoms with van der Waals surface area (Å²) in [5, 5.41) is 10.6. The minimum atomic E-state index is -0.690. The van der Waals surface area contributed by atoms with Gasteiger partial charge in [-0.1, -0.05) is 47.0 Å². The second kappa shape index (κ2) is 5.50. The molecular weight excluding hydrogens is 200 g/mol. The van der Waals surface area contributed by atoms with Crippen molar-refractivity contribution in [1.82, 2.24) is 0 Å². The quantitative estimate of drug-likeness (QED) is 0.797. The molecule has 1 rings (SSSR count). The van der Waals surface area contributed by atoms with E-state index in [1.807, 2.05) is 6.92 Å². The highest BCUT2D eigenvalue weighted by atomic mass is 16.5. The summed E-state index contributed by atoms with van der Waals surface area (Å²) in [7, 11) is 0. The van der Waals surface area contributed by atoms with Crippen LogP contribution in [-0.2, 0) is 4.74 Å². The lowest BCUT2D eigenvalue weighted by Gasteiger charge is -2.40. The van der Waals surface area contributed by atoms with E-state index >= 15 is 0 Å². The van der Waals surface area contributed by atoms with Gasteiger partial charge in [-0.15, -0.1) is 0 Å². The molecule has 0 amide bonds. The summed E-state index contributed by atoms with van der Waals surface area (Å²) < 4.78 is 5.92. The van der Waals surface area contributed by atoms with Crippen LogP contribution in [0.25, 0.3) is 0 Å². The molecule has 0 heterocycles. The monoisotopic (exact) mass is 228 g/mol. The van der Waals surface area contributed by atoms with Gasteiger partial charge in [0.25, 0.3) is 0 Å². The Morgan fingerprint density at radius 2 is 1.69 bits per heavy atom. The third-order valence-corrected chi connectivity index (χ3v) is 4.09. The molecule has 1 saturated carbocycles. The van der Waals surface area contributed by atoms with Gasteiger partial charge in [0.05, 0.1) is 18.3 Å². The first-order valence-electron chi connectivity index (χ1n) is 6.73. The Hall–Kier alpha value is -0.0800. The predicted octanol–water partition coefficient (Wildman–Crippen LogP) is 3.52. The Kier molecular flexibility index (Phi) is 4.81. The van der Waals surface area contributed by atoms with Crippen LogP contribution < -0.4 is 0 Å². The van der Waals surface area contributed by atoms with Gasteiger partial charge in [-0.2, -0.15) is 0 Å². The number of hydrogen-bond donors (Lipinski definition) is 1. The molecule has 0 radical (unpaired) electrons. The van der Waals surface area contributed by atoms with Crippen molar-refractivity contribution in [3.8, 4) is 0 Å². The summed E-state index contributed by atoms with van der Waals surface area (Å²) in [5.74, 6) is 0. The van der Waals surface area contributed by atoms with Crippen molar-refractivity contribution in [2.45, 2.75) is 77.9 Å². The van der Waals surface area contributed by atoms with Gasteiger partial charge in [-0.05, 0) is 24.7 Å². The molecule has 0 spiro atoms. The fourth-order valence-corrected chi connectivity index (χ4v) is 2.34. The van der Waals surface area contributed by atoms with Crippen LogP contribution in [0.3, 0.4) is 0 Å². The Bertz CT molecular complexity index is 201. The largest absolute Gasteiger partial charge is 0.387 e. The van der Waals surface area contributed by atoms with Crippen molar-refractivity contribution in [2.24, 2.45) is 5.41 Å². The summed E-state index contributed by atoms with van der Waals surface area (Å²) in [4.78, 5) is 0. The average molecular weight is 228 g/mol. The number of hydrogen-bond acceptors (Lipinski definition) is 2. The molecule has 0 bridgehead atoms. The standard InChI is InChI=1S/C14H28O2/c1-5-14(15,13(2,3)4)11-16-12-9-7-6-8-10-12/h12,15H,5-11H2,1-4H3. The van der Waals surface area contributed by atoms with E-state index in [-0.39, 0.29) is 5.41 Å². The van der Waals surface area contributed by atoms with Gasteiger partial charge in [0, 0.05) is 0 Å². The molecule has 96 valence electrons. The van der Waals surface area contributed by atoms with Gasteiger partial charge in [0.2, 0.25) is 0 Å². The highest BCUT2D eigenvalue weighted by Crippen LogP contribution is 2.34. The molecule has 0 aromatic rings. The van der Waals surface area contributed by atoms with Crippen molar-refractivity contribution in [1.29, 1.82) is 0 Å². The minimum absolute atomic E-state index is 0.115. The van der Waals surface area contributed by atoms with Crippen molar-refractivity contribution in [3.63, 3.8) is 0 Å². The fourth-order valence-electron chi connectivity index (χ4n) is 2.34. The normalized spacial score (nSPS) is 23.1. The average Bonchev–Trinajstić information content (AvgIpc) is 2.26. The lowest BCUT2D eigenvalue weighted by atomic mass is 9.75. The second-order valence-corrected chi connectivity index (χ2v) is 6.21. The van der Waals surface area contributed by atoms with Gasteiger partial charge in [-0.3, -0.25) is 0 Å². The molecule has 1 aliphatic rings. The van der Waals surface area contributed by atoms with E-state index in [9.17, 15) is 5.11 Å². The molecule has 0 aromatic carbocycles. The molecule has 2 heteroatoms. The summed E-state index contributed by atoms with van der Waals surface area (Å²) in [6, 6.07) is 0. The van der Waals surface area contributed by atoms with E-state index in [0.29, 0.717) is 12.7 Å². The van der Waals surface area contributed by atoms with E-state index in [0.717, 1.165) is 6.42 Å². The molecule has 16 heavy (non-hydrogen) atoms. The van der Waals surface area contributed by atoms with Gasteiger partial charge >= 0.3 is 0 Å². The molecule has 1 aliphatic carbocycles. The van der Waals surface area contributed by atoms with Crippen molar-refractivity contribution >= 4 is 0 Å². The van der Waals surface area contributed by atoms with E-state index in [2.05, 4.69) is 20.8 Å². The zero-order chi connectivity index (χ0) is 12.2. The van der Waals surface area contributed by atoms with Crippen LogP contribution in [0.2, 0.25) is 0 Å². The molecule has 1 N–H and O–H groups in total. The first-order valence-corrected chi connectivity index (χ1v) is 6.73. The van der Waals surface area contributed by atoms with Gasteiger partial charge in [0.15, 0.2) is 0 Å². The van der Waals surface area contributed by atoms with E-state index in [4.69, 9.17) is 4.74 Å². The molecular formula is C14H28O2. The summed E-state index contributed by atoms with van der Waals surface area (Å²) in [6.07, 6.45) is 7.39. The maximum Gasteiger partial charge on any atom is 0.0925 e. The molecule has 0 saturated heterocycles. The predicted molar refractivity (Wildman–Crippen MR) is 67.5 cm³/mol. The smallest absolute Gasteiger partial charge is 0.0925 e. The molecule has 2 nitrogen and oxygen atoms in total. The highest BCUT2D eigenvalue weighted by Gasteiger charge is 2.39. The van der Waals surface area contributed by atoms with Crippen LogP contribution in [0.1, 0.15) is 66.2 Å². The van der Waals surface area contributed by atoms with Crippen LogP contribution in [0, 0.1) is 5.41 Å². The maximum absolute atomic E-state index is 10.6.